The maximum Gasteiger partial charge on any atom is 0.240 e. The quantitative estimate of drug-likeness (QED) is 0.376. The Labute approximate surface area is 195 Å². The van der Waals surface area contributed by atoms with Crippen LogP contribution in [0.5, 0.6) is 0 Å². The lowest BCUT2D eigenvalue weighted by molar-refractivity contribution is -0.126. The summed E-state index contributed by atoms with van der Waals surface area (Å²) in [5, 5.41) is 11.6. The van der Waals surface area contributed by atoms with Gasteiger partial charge >= 0.3 is 0 Å². The predicted molar refractivity (Wildman–Crippen MR) is 125 cm³/mol. The average molecular weight is 477 g/mol. The predicted octanol–water partition coefficient (Wildman–Crippen LogP) is 5.16. The van der Waals surface area contributed by atoms with Gasteiger partial charge in [0.25, 0.3) is 0 Å². The minimum absolute atomic E-state index is 0.215. The Balaban J connectivity index is 2.25. The molecule has 1 heterocycles. The summed E-state index contributed by atoms with van der Waals surface area (Å²) in [7, 11) is 1.50. The molecule has 0 unspecified atom stereocenters. The van der Waals surface area contributed by atoms with Crippen molar-refractivity contribution >= 4 is 46.7 Å². The SMILES string of the molecule is CNC(=O)[C@H](Sc1nnc(-c2ccc(Cl)cc2Cl)n1-c1ccccc1C(C)C)C(C)=O. The van der Waals surface area contributed by atoms with E-state index in [0.29, 0.717) is 26.6 Å². The molecule has 9 heteroatoms. The molecule has 1 aromatic heterocycles. The van der Waals surface area contributed by atoms with Gasteiger partial charge in [-0.05, 0) is 42.7 Å². The molecular formula is C22H22Cl2N4O2S. The number of halogens is 2. The maximum absolute atomic E-state index is 12.3. The number of amides is 1. The van der Waals surface area contributed by atoms with Crippen LogP contribution in [-0.2, 0) is 9.59 Å². The van der Waals surface area contributed by atoms with Crippen LogP contribution in [0.3, 0.4) is 0 Å². The number of carbonyl (C=O) groups excluding carboxylic acids is 2. The van der Waals surface area contributed by atoms with E-state index in [2.05, 4.69) is 29.4 Å². The van der Waals surface area contributed by atoms with Crippen LogP contribution < -0.4 is 5.32 Å². The number of para-hydroxylation sites is 1. The van der Waals surface area contributed by atoms with E-state index in [-0.39, 0.29) is 11.7 Å². The van der Waals surface area contributed by atoms with Crippen molar-refractivity contribution in [2.75, 3.05) is 7.05 Å². The summed E-state index contributed by atoms with van der Waals surface area (Å²) >= 11 is 13.6. The Kier molecular flexibility index (Phi) is 7.41. The molecule has 162 valence electrons. The van der Waals surface area contributed by atoms with Gasteiger partial charge in [0.05, 0.1) is 10.7 Å². The summed E-state index contributed by atoms with van der Waals surface area (Å²) < 4.78 is 1.84. The fraction of sp³-hybridized carbons (Fsp3) is 0.273. The summed E-state index contributed by atoms with van der Waals surface area (Å²) in [4.78, 5) is 24.5. The summed E-state index contributed by atoms with van der Waals surface area (Å²) in [5.74, 6) is 0.0430. The van der Waals surface area contributed by atoms with Crippen LogP contribution in [-0.4, -0.2) is 38.8 Å². The molecule has 0 saturated heterocycles. The maximum atomic E-state index is 12.3. The number of ketones is 1. The van der Waals surface area contributed by atoms with E-state index < -0.39 is 11.2 Å². The van der Waals surface area contributed by atoms with Gasteiger partial charge in [0, 0.05) is 17.6 Å². The third-order valence-corrected chi connectivity index (χ3v) is 6.49. The molecule has 1 atom stereocenters. The molecule has 1 amide bonds. The summed E-state index contributed by atoms with van der Waals surface area (Å²) in [5.41, 5.74) is 2.56. The van der Waals surface area contributed by atoms with Crippen LogP contribution in [0.1, 0.15) is 32.3 Å². The molecule has 0 aliphatic carbocycles. The van der Waals surface area contributed by atoms with E-state index in [4.69, 9.17) is 23.2 Å². The molecule has 31 heavy (non-hydrogen) atoms. The lowest BCUT2D eigenvalue weighted by Gasteiger charge is -2.18. The van der Waals surface area contributed by atoms with E-state index in [0.717, 1.165) is 23.0 Å². The van der Waals surface area contributed by atoms with Crippen molar-refractivity contribution in [2.45, 2.75) is 37.1 Å². The molecule has 3 rings (SSSR count). The number of Topliss-reactive ketones (excluding diaryl/α,β-unsaturated/α-hetero) is 1. The molecule has 0 fully saturated rings. The minimum atomic E-state index is -0.951. The van der Waals surface area contributed by atoms with Crippen molar-refractivity contribution < 1.29 is 9.59 Å². The fourth-order valence-electron chi connectivity index (χ4n) is 3.15. The zero-order chi connectivity index (χ0) is 22.7. The van der Waals surface area contributed by atoms with Gasteiger partial charge in [-0.3, -0.25) is 14.2 Å². The van der Waals surface area contributed by atoms with Gasteiger partial charge in [0.2, 0.25) is 5.91 Å². The highest BCUT2D eigenvalue weighted by Gasteiger charge is 2.29. The highest BCUT2D eigenvalue weighted by Crippen LogP contribution is 2.36. The number of nitrogens with one attached hydrogen (secondary N) is 1. The first-order valence-corrected chi connectivity index (χ1v) is 11.3. The number of hydrogen-bond donors (Lipinski definition) is 1. The van der Waals surface area contributed by atoms with Crippen LogP contribution >= 0.6 is 35.0 Å². The van der Waals surface area contributed by atoms with Crippen molar-refractivity contribution in [3.8, 4) is 17.1 Å². The van der Waals surface area contributed by atoms with E-state index in [1.807, 2.05) is 28.8 Å². The Bertz CT molecular complexity index is 1130. The number of nitrogens with zero attached hydrogens (tertiary/aromatic N) is 3. The molecule has 0 bridgehead atoms. The molecule has 0 aliphatic rings. The second-order valence-corrected chi connectivity index (χ2v) is 9.12. The van der Waals surface area contributed by atoms with Gasteiger partial charge in [-0.1, -0.05) is 67.0 Å². The number of benzene rings is 2. The standard InChI is InChI=1S/C22H22Cl2N4O2S/c1-12(2)15-7-5-6-8-18(15)28-20(16-10-9-14(23)11-17(16)24)26-27-22(28)31-19(13(3)29)21(30)25-4/h5-12,19H,1-4H3,(H,25,30)/t19-/m1/s1. The Morgan fingerprint density at radius 2 is 1.81 bits per heavy atom. The zero-order valence-corrected chi connectivity index (χ0v) is 19.8. The van der Waals surface area contributed by atoms with Crippen LogP contribution in [0.15, 0.2) is 47.6 Å². The van der Waals surface area contributed by atoms with Gasteiger partial charge in [0.15, 0.2) is 16.8 Å². The largest absolute Gasteiger partial charge is 0.358 e. The third-order valence-electron chi connectivity index (χ3n) is 4.68. The smallest absolute Gasteiger partial charge is 0.240 e. The van der Waals surface area contributed by atoms with Crippen LogP contribution in [0, 0.1) is 0 Å². The first-order valence-electron chi connectivity index (χ1n) is 9.63. The Morgan fingerprint density at radius 1 is 1.10 bits per heavy atom. The molecule has 1 N–H and O–H groups in total. The lowest BCUT2D eigenvalue weighted by Crippen LogP contribution is -2.34. The van der Waals surface area contributed by atoms with Gasteiger partial charge in [-0.25, -0.2) is 0 Å². The second-order valence-electron chi connectivity index (χ2n) is 7.20. The van der Waals surface area contributed by atoms with Crippen molar-refractivity contribution in [1.82, 2.24) is 20.1 Å². The number of thioether (sulfide) groups is 1. The minimum Gasteiger partial charge on any atom is -0.358 e. The average Bonchev–Trinajstić information content (AvgIpc) is 3.14. The van der Waals surface area contributed by atoms with E-state index in [1.165, 1.54) is 14.0 Å². The van der Waals surface area contributed by atoms with Gasteiger partial charge in [-0.15, -0.1) is 10.2 Å². The molecule has 0 saturated carbocycles. The first-order chi connectivity index (χ1) is 14.7. The molecule has 3 aromatic rings. The van der Waals surface area contributed by atoms with Crippen LogP contribution in [0.25, 0.3) is 17.1 Å². The van der Waals surface area contributed by atoms with Gasteiger partial charge < -0.3 is 5.32 Å². The van der Waals surface area contributed by atoms with Gasteiger partial charge in [0.1, 0.15) is 5.25 Å². The zero-order valence-electron chi connectivity index (χ0n) is 17.5. The van der Waals surface area contributed by atoms with Crippen molar-refractivity contribution in [3.05, 3.63) is 58.1 Å². The summed E-state index contributed by atoms with van der Waals surface area (Å²) in [6.07, 6.45) is 0. The monoisotopic (exact) mass is 476 g/mol. The molecule has 0 radical (unpaired) electrons. The Morgan fingerprint density at radius 3 is 2.42 bits per heavy atom. The molecule has 2 aromatic carbocycles. The fourth-order valence-corrected chi connectivity index (χ4v) is 4.62. The highest BCUT2D eigenvalue weighted by molar-refractivity contribution is 8.01. The van der Waals surface area contributed by atoms with Gasteiger partial charge in [-0.2, -0.15) is 0 Å². The van der Waals surface area contributed by atoms with Crippen LogP contribution in [0.2, 0.25) is 10.0 Å². The number of carbonyl (C=O) groups is 2. The summed E-state index contributed by atoms with van der Waals surface area (Å²) in [6.45, 7) is 5.56. The van der Waals surface area contributed by atoms with E-state index in [9.17, 15) is 9.59 Å². The number of hydrogen-bond acceptors (Lipinski definition) is 5. The first kappa shape index (κ1) is 23.3. The second kappa shape index (κ2) is 9.85. The third kappa shape index (κ3) is 4.95. The lowest BCUT2D eigenvalue weighted by atomic mass is 10.0. The molecule has 6 nitrogen and oxygen atoms in total. The Hall–Kier alpha value is -2.35. The van der Waals surface area contributed by atoms with Crippen molar-refractivity contribution in [1.29, 1.82) is 0 Å². The van der Waals surface area contributed by atoms with Crippen molar-refractivity contribution in [3.63, 3.8) is 0 Å². The van der Waals surface area contributed by atoms with Crippen molar-refractivity contribution in [2.24, 2.45) is 0 Å². The van der Waals surface area contributed by atoms with Crippen LogP contribution in [0.4, 0.5) is 0 Å². The number of rotatable bonds is 7. The molecule has 0 aliphatic heterocycles. The normalized spacial score (nSPS) is 12.1. The summed E-state index contributed by atoms with van der Waals surface area (Å²) in [6, 6.07) is 13.0. The highest BCUT2D eigenvalue weighted by atomic mass is 35.5. The molecular weight excluding hydrogens is 455 g/mol. The van der Waals surface area contributed by atoms with E-state index >= 15 is 0 Å². The topological polar surface area (TPSA) is 76.9 Å². The number of aromatic nitrogens is 3. The molecule has 0 spiro atoms. The van der Waals surface area contributed by atoms with E-state index in [1.54, 1.807) is 18.2 Å².